The maximum Gasteiger partial charge on any atom is 0.335 e. The molecule has 1 aliphatic rings. The first-order chi connectivity index (χ1) is 7.94. The van der Waals surface area contributed by atoms with E-state index in [9.17, 15) is 9.18 Å². The molecule has 2 rings (SSSR count). The van der Waals surface area contributed by atoms with Gasteiger partial charge in [0.2, 0.25) is 0 Å². The van der Waals surface area contributed by atoms with Crippen molar-refractivity contribution in [2.24, 2.45) is 5.73 Å². The molecular formula is C13H16FNO2. The minimum atomic E-state index is -1.04. The number of aryl methyl sites for hydroxylation is 1. The summed E-state index contributed by atoms with van der Waals surface area (Å²) in [5, 5.41) is 9.04. The van der Waals surface area contributed by atoms with Gasteiger partial charge in [0.15, 0.2) is 0 Å². The van der Waals surface area contributed by atoms with Gasteiger partial charge in [0.25, 0.3) is 0 Å². The van der Waals surface area contributed by atoms with Crippen LogP contribution in [0.25, 0.3) is 0 Å². The number of nitrogens with two attached hydrogens (primary N) is 1. The standard InChI is InChI=1S/C13H16FNO2/c1-8-6-11(14)10(7-9(8)12(16)17)13(15)4-2-3-5-13/h6-7H,2-5,15H2,1H3,(H,16,17). The molecule has 92 valence electrons. The summed E-state index contributed by atoms with van der Waals surface area (Å²) in [6, 6.07) is 2.67. The lowest BCUT2D eigenvalue weighted by atomic mass is 9.87. The Kier molecular flexibility index (Phi) is 2.91. The van der Waals surface area contributed by atoms with Crippen molar-refractivity contribution >= 4 is 5.97 Å². The Morgan fingerprint density at radius 1 is 1.41 bits per heavy atom. The molecule has 0 saturated heterocycles. The van der Waals surface area contributed by atoms with Crippen molar-refractivity contribution in [2.75, 3.05) is 0 Å². The van der Waals surface area contributed by atoms with Gasteiger partial charge in [-0.15, -0.1) is 0 Å². The molecule has 0 aromatic heterocycles. The summed E-state index contributed by atoms with van der Waals surface area (Å²) in [6.45, 7) is 1.59. The summed E-state index contributed by atoms with van der Waals surface area (Å²) in [4.78, 5) is 11.0. The summed E-state index contributed by atoms with van der Waals surface area (Å²) in [7, 11) is 0. The van der Waals surface area contributed by atoms with Gasteiger partial charge in [-0.3, -0.25) is 0 Å². The molecule has 0 radical (unpaired) electrons. The summed E-state index contributed by atoms with van der Waals surface area (Å²) in [6.07, 6.45) is 3.36. The zero-order chi connectivity index (χ0) is 12.6. The predicted octanol–water partition coefficient (Wildman–Crippen LogP) is 2.56. The van der Waals surface area contributed by atoms with Gasteiger partial charge in [-0.05, 0) is 37.5 Å². The predicted molar refractivity (Wildman–Crippen MR) is 62.4 cm³/mol. The van der Waals surface area contributed by atoms with Crippen molar-refractivity contribution in [1.82, 2.24) is 0 Å². The molecule has 1 saturated carbocycles. The molecule has 1 fully saturated rings. The van der Waals surface area contributed by atoms with Gasteiger partial charge in [0.1, 0.15) is 5.82 Å². The van der Waals surface area contributed by atoms with Gasteiger partial charge in [-0.2, -0.15) is 0 Å². The highest BCUT2D eigenvalue weighted by Gasteiger charge is 2.34. The highest BCUT2D eigenvalue weighted by Crippen LogP contribution is 2.38. The quantitative estimate of drug-likeness (QED) is 0.830. The van der Waals surface area contributed by atoms with Crippen LogP contribution in [-0.2, 0) is 5.54 Å². The molecule has 0 amide bonds. The van der Waals surface area contributed by atoms with E-state index >= 15 is 0 Å². The fourth-order valence-electron chi connectivity index (χ4n) is 2.56. The van der Waals surface area contributed by atoms with Crippen LogP contribution < -0.4 is 5.73 Å². The zero-order valence-electron chi connectivity index (χ0n) is 9.79. The van der Waals surface area contributed by atoms with Crippen LogP contribution in [0.4, 0.5) is 4.39 Å². The summed E-state index contributed by atoms with van der Waals surface area (Å²) in [5.74, 6) is -1.43. The number of hydrogen-bond acceptors (Lipinski definition) is 2. The third kappa shape index (κ3) is 2.05. The first-order valence-corrected chi connectivity index (χ1v) is 5.77. The third-order valence-corrected chi connectivity index (χ3v) is 3.58. The lowest BCUT2D eigenvalue weighted by Gasteiger charge is -2.25. The molecule has 1 aromatic rings. The second-order valence-corrected chi connectivity index (χ2v) is 4.82. The van der Waals surface area contributed by atoms with Gasteiger partial charge >= 0.3 is 5.97 Å². The highest BCUT2D eigenvalue weighted by atomic mass is 19.1. The second kappa shape index (κ2) is 4.11. The van der Waals surface area contributed by atoms with E-state index in [1.54, 1.807) is 6.92 Å². The molecule has 4 heteroatoms. The fraction of sp³-hybridized carbons (Fsp3) is 0.462. The normalized spacial score (nSPS) is 18.3. The Bertz CT molecular complexity index is 465. The Morgan fingerprint density at radius 3 is 2.53 bits per heavy atom. The van der Waals surface area contributed by atoms with Crippen LogP contribution in [0.2, 0.25) is 0 Å². The molecule has 0 atom stereocenters. The first kappa shape index (κ1) is 12.0. The van der Waals surface area contributed by atoms with Crippen molar-refractivity contribution in [3.8, 4) is 0 Å². The smallest absolute Gasteiger partial charge is 0.335 e. The minimum Gasteiger partial charge on any atom is -0.478 e. The van der Waals surface area contributed by atoms with Gasteiger partial charge in [0, 0.05) is 11.1 Å². The van der Waals surface area contributed by atoms with Crippen molar-refractivity contribution in [2.45, 2.75) is 38.1 Å². The topological polar surface area (TPSA) is 63.3 Å². The van der Waals surface area contributed by atoms with Crippen molar-refractivity contribution in [3.63, 3.8) is 0 Å². The number of hydrogen-bond donors (Lipinski definition) is 2. The third-order valence-electron chi connectivity index (χ3n) is 3.58. The first-order valence-electron chi connectivity index (χ1n) is 5.77. The van der Waals surface area contributed by atoms with Crippen molar-refractivity contribution < 1.29 is 14.3 Å². The van der Waals surface area contributed by atoms with Crippen molar-refractivity contribution in [3.05, 3.63) is 34.6 Å². The lowest BCUT2D eigenvalue weighted by molar-refractivity contribution is 0.0696. The average Bonchev–Trinajstić information content (AvgIpc) is 2.65. The van der Waals surface area contributed by atoms with Crippen LogP contribution in [0.3, 0.4) is 0 Å². The summed E-state index contributed by atoms with van der Waals surface area (Å²) in [5.41, 5.74) is 6.39. The number of carboxylic acid groups (broad SMARTS) is 1. The molecule has 1 aliphatic carbocycles. The van der Waals surface area contributed by atoms with E-state index in [1.807, 2.05) is 0 Å². The van der Waals surface area contributed by atoms with Crippen LogP contribution in [0.1, 0.15) is 47.2 Å². The number of benzene rings is 1. The average molecular weight is 237 g/mol. The van der Waals surface area contributed by atoms with Crippen LogP contribution in [0, 0.1) is 12.7 Å². The minimum absolute atomic E-state index is 0.137. The second-order valence-electron chi connectivity index (χ2n) is 4.82. The van der Waals surface area contributed by atoms with E-state index in [2.05, 4.69) is 0 Å². The number of carboxylic acids is 1. The van der Waals surface area contributed by atoms with Crippen LogP contribution >= 0.6 is 0 Å². The van der Waals surface area contributed by atoms with Crippen LogP contribution in [0.15, 0.2) is 12.1 Å². The fourth-order valence-corrected chi connectivity index (χ4v) is 2.56. The van der Waals surface area contributed by atoms with E-state index in [-0.39, 0.29) is 5.56 Å². The van der Waals surface area contributed by atoms with Crippen LogP contribution in [0.5, 0.6) is 0 Å². The van der Waals surface area contributed by atoms with Gasteiger partial charge in [-0.25, -0.2) is 9.18 Å². The number of rotatable bonds is 2. The Morgan fingerprint density at radius 2 is 2.00 bits per heavy atom. The SMILES string of the molecule is Cc1cc(F)c(C2(N)CCCC2)cc1C(=O)O. The number of aromatic carboxylic acids is 1. The molecule has 0 spiro atoms. The Labute approximate surface area is 99.4 Å². The number of carbonyl (C=O) groups is 1. The summed E-state index contributed by atoms with van der Waals surface area (Å²) < 4.78 is 13.9. The van der Waals surface area contributed by atoms with Crippen molar-refractivity contribution in [1.29, 1.82) is 0 Å². The zero-order valence-corrected chi connectivity index (χ0v) is 9.79. The lowest BCUT2D eigenvalue weighted by Crippen LogP contribution is -2.34. The molecule has 17 heavy (non-hydrogen) atoms. The maximum absolute atomic E-state index is 13.9. The molecule has 0 heterocycles. The molecule has 3 nitrogen and oxygen atoms in total. The highest BCUT2D eigenvalue weighted by molar-refractivity contribution is 5.89. The Balaban J connectivity index is 2.54. The monoisotopic (exact) mass is 237 g/mol. The van der Waals surface area contributed by atoms with Crippen LogP contribution in [-0.4, -0.2) is 11.1 Å². The molecule has 0 bridgehead atoms. The molecule has 0 aliphatic heterocycles. The Hall–Kier alpha value is -1.42. The van der Waals surface area contributed by atoms with Gasteiger partial charge in [-0.1, -0.05) is 12.8 Å². The van der Waals surface area contributed by atoms with Gasteiger partial charge in [0.05, 0.1) is 5.56 Å². The van der Waals surface area contributed by atoms with E-state index in [1.165, 1.54) is 12.1 Å². The van der Waals surface area contributed by atoms with E-state index < -0.39 is 17.3 Å². The van der Waals surface area contributed by atoms with E-state index in [4.69, 9.17) is 10.8 Å². The summed E-state index contributed by atoms with van der Waals surface area (Å²) >= 11 is 0. The molecular weight excluding hydrogens is 221 g/mol. The van der Waals surface area contributed by atoms with E-state index in [0.29, 0.717) is 24.0 Å². The van der Waals surface area contributed by atoms with Gasteiger partial charge < -0.3 is 10.8 Å². The molecule has 3 N–H and O–H groups in total. The maximum atomic E-state index is 13.9. The molecule has 1 aromatic carbocycles. The molecule has 0 unspecified atom stereocenters. The number of halogens is 1. The van der Waals surface area contributed by atoms with E-state index in [0.717, 1.165) is 12.8 Å². The largest absolute Gasteiger partial charge is 0.478 e.